The van der Waals surface area contributed by atoms with Gasteiger partial charge in [0.2, 0.25) is 11.8 Å². The van der Waals surface area contributed by atoms with Crippen LogP contribution in [0.2, 0.25) is 0 Å². The summed E-state index contributed by atoms with van der Waals surface area (Å²) in [5, 5.41) is 2.44. The molecular weight excluding hydrogens is 372 g/mol. The van der Waals surface area contributed by atoms with Crippen LogP contribution in [0.25, 0.3) is 11.5 Å². The minimum Gasteiger partial charge on any atom is -0.441 e. The quantitative estimate of drug-likeness (QED) is 0.637. The Labute approximate surface area is 159 Å². The Morgan fingerprint density at radius 2 is 2.00 bits per heavy atom. The van der Waals surface area contributed by atoms with E-state index in [1.54, 1.807) is 4.90 Å². The highest BCUT2D eigenvalue weighted by Gasteiger charge is 2.28. The fraction of sp³-hybridized carbons (Fsp3) is 0.389. The normalized spacial score (nSPS) is 14.5. The van der Waals surface area contributed by atoms with E-state index in [1.807, 2.05) is 0 Å². The van der Waals surface area contributed by atoms with Crippen LogP contribution in [0.15, 0.2) is 22.6 Å². The second kappa shape index (κ2) is 8.34. The molecule has 1 aromatic carbocycles. The standard InChI is InChI=1S/C18H21F2N5O3/c19-11-6-10(7-12(20)8-11)16-24-14-9-25(5-3-15(14)28-16)17(26)13(21)2-1-4-23-18(22)27/h6-8,13H,1-5,9,21H2,(H3,22,23,27)/t13-/m0/s1. The van der Waals surface area contributed by atoms with Gasteiger partial charge in [-0.2, -0.15) is 0 Å². The summed E-state index contributed by atoms with van der Waals surface area (Å²) in [5.74, 6) is -0.979. The summed E-state index contributed by atoms with van der Waals surface area (Å²) in [5.41, 5.74) is 11.7. The number of carbonyl (C=O) groups excluding carboxylic acids is 2. The molecule has 0 aliphatic carbocycles. The first-order chi connectivity index (χ1) is 13.3. The first-order valence-corrected chi connectivity index (χ1v) is 8.86. The Morgan fingerprint density at radius 3 is 2.68 bits per heavy atom. The van der Waals surface area contributed by atoms with Gasteiger partial charge in [0.05, 0.1) is 12.6 Å². The van der Waals surface area contributed by atoms with Crippen molar-refractivity contribution in [2.24, 2.45) is 11.5 Å². The highest BCUT2D eigenvalue weighted by molar-refractivity contribution is 5.81. The average molecular weight is 393 g/mol. The number of rotatable bonds is 6. The second-order valence-corrected chi connectivity index (χ2v) is 6.60. The molecular formula is C18H21F2N5O3. The number of urea groups is 1. The van der Waals surface area contributed by atoms with Gasteiger partial charge in [-0.1, -0.05) is 0 Å². The lowest BCUT2D eigenvalue weighted by atomic mass is 10.1. The number of fused-ring (bicyclic) bond motifs is 1. The molecule has 0 bridgehead atoms. The fourth-order valence-corrected chi connectivity index (χ4v) is 3.08. The topological polar surface area (TPSA) is 127 Å². The second-order valence-electron chi connectivity index (χ2n) is 6.60. The molecule has 0 fully saturated rings. The van der Waals surface area contributed by atoms with E-state index < -0.39 is 23.7 Å². The number of oxazole rings is 1. The lowest BCUT2D eigenvalue weighted by Crippen LogP contribution is -2.46. The van der Waals surface area contributed by atoms with Crippen molar-refractivity contribution in [3.05, 3.63) is 41.3 Å². The van der Waals surface area contributed by atoms with E-state index in [9.17, 15) is 18.4 Å². The molecule has 0 saturated heterocycles. The van der Waals surface area contributed by atoms with Crippen molar-refractivity contribution in [3.63, 3.8) is 0 Å². The molecule has 28 heavy (non-hydrogen) atoms. The summed E-state index contributed by atoms with van der Waals surface area (Å²) in [6, 6.07) is 1.72. The predicted octanol–water partition coefficient (Wildman–Crippen LogP) is 1.28. The van der Waals surface area contributed by atoms with Crippen molar-refractivity contribution in [1.82, 2.24) is 15.2 Å². The lowest BCUT2D eigenvalue weighted by Gasteiger charge is -2.27. The van der Waals surface area contributed by atoms with E-state index in [1.165, 1.54) is 0 Å². The molecule has 150 valence electrons. The first-order valence-electron chi connectivity index (χ1n) is 8.86. The van der Waals surface area contributed by atoms with Crippen molar-refractivity contribution < 1.29 is 22.8 Å². The molecule has 3 amide bonds. The van der Waals surface area contributed by atoms with Gasteiger partial charge in [0.25, 0.3) is 0 Å². The Kier molecular flexibility index (Phi) is 5.88. The van der Waals surface area contributed by atoms with Crippen LogP contribution in [0.4, 0.5) is 13.6 Å². The smallest absolute Gasteiger partial charge is 0.312 e. The van der Waals surface area contributed by atoms with E-state index in [-0.39, 0.29) is 23.9 Å². The SMILES string of the molecule is NC(=O)NCCC[C@H](N)C(=O)N1CCc2oc(-c3cc(F)cc(F)c3)nc2C1. The van der Waals surface area contributed by atoms with Crippen LogP contribution in [0.1, 0.15) is 24.3 Å². The molecule has 1 aromatic heterocycles. The molecule has 5 N–H and O–H groups in total. The largest absolute Gasteiger partial charge is 0.441 e. The summed E-state index contributed by atoms with van der Waals surface area (Å²) in [7, 11) is 0. The summed E-state index contributed by atoms with van der Waals surface area (Å²) in [4.78, 5) is 29.0. The number of primary amides is 1. The van der Waals surface area contributed by atoms with Gasteiger partial charge in [-0.15, -0.1) is 0 Å². The van der Waals surface area contributed by atoms with Crippen molar-refractivity contribution in [2.45, 2.75) is 31.8 Å². The van der Waals surface area contributed by atoms with Crippen LogP contribution < -0.4 is 16.8 Å². The van der Waals surface area contributed by atoms with Crippen LogP contribution >= 0.6 is 0 Å². The molecule has 1 aliphatic rings. The van der Waals surface area contributed by atoms with Gasteiger partial charge in [0, 0.05) is 31.1 Å². The zero-order chi connectivity index (χ0) is 20.3. The molecule has 10 heteroatoms. The van der Waals surface area contributed by atoms with Crippen molar-refractivity contribution >= 4 is 11.9 Å². The van der Waals surface area contributed by atoms with Crippen LogP contribution in [-0.4, -0.2) is 41.0 Å². The van der Waals surface area contributed by atoms with E-state index in [4.69, 9.17) is 15.9 Å². The van der Waals surface area contributed by atoms with Gasteiger partial charge in [-0.05, 0) is 25.0 Å². The van der Waals surface area contributed by atoms with E-state index in [0.717, 1.165) is 18.2 Å². The molecule has 2 aromatic rings. The highest BCUT2D eigenvalue weighted by atomic mass is 19.1. The number of benzene rings is 1. The third-order valence-electron chi connectivity index (χ3n) is 4.46. The van der Waals surface area contributed by atoms with Gasteiger partial charge in [-0.3, -0.25) is 4.79 Å². The van der Waals surface area contributed by atoms with Crippen LogP contribution in [0.5, 0.6) is 0 Å². The first kappa shape index (κ1) is 19.7. The van der Waals surface area contributed by atoms with Crippen LogP contribution in [0.3, 0.4) is 0 Å². The number of amides is 3. The van der Waals surface area contributed by atoms with Crippen LogP contribution in [0, 0.1) is 11.6 Å². The number of nitrogens with one attached hydrogen (secondary N) is 1. The maximum absolute atomic E-state index is 13.4. The maximum Gasteiger partial charge on any atom is 0.312 e. The highest BCUT2D eigenvalue weighted by Crippen LogP contribution is 2.27. The zero-order valence-electron chi connectivity index (χ0n) is 15.1. The number of hydrogen-bond donors (Lipinski definition) is 3. The monoisotopic (exact) mass is 393 g/mol. The summed E-state index contributed by atoms with van der Waals surface area (Å²) >= 11 is 0. The van der Waals surface area contributed by atoms with Crippen molar-refractivity contribution in [2.75, 3.05) is 13.1 Å². The Balaban J connectivity index is 1.63. The molecule has 0 unspecified atom stereocenters. The molecule has 0 spiro atoms. The number of halogens is 2. The molecule has 3 rings (SSSR count). The zero-order valence-corrected chi connectivity index (χ0v) is 15.1. The van der Waals surface area contributed by atoms with Gasteiger partial charge in [-0.25, -0.2) is 18.6 Å². The van der Waals surface area contributed by atoms with Crippen molar-refractivity contribution in [1.29, 1.82) is 0 Å². The third-order valence-corrected chi connectivity index (χ3v) is 4.46. The molecule has 1 atom stereocenters. The van der Waals surface area contributed by atoms with E-state index >= 15 is 0 Å². The maximum atomic E-state index is 13.4. The summed E-state index contributed by atoms with van der Waals surface area (Å²) in [6.45, 7) is 0.964. The Morgan fingerprint density at radius 1 is 1.29 bits per heavy atom. The average Bonchev–Trinajstić information content (AvgIpc) is 3.07. The third kappa shape index (κ3) is 4.63. The molecule has 0 radical (unpaired) electrons. The predicted molar refractivity (Wildman–Crippen MR) is 95.8 cm³/mol. The number of carbonyl (C=O) groups is 2. The Bertz CT molecular complexity index is 866. The molecule has 2 heterocycles. The fourth-order valence-electron chi connectivity index (χ4n) is 3.08. The number of aromatic nitrogens is 1. The van der Waals surface area contributed by atoms with E-state index in [0.29, 0.717) is 43.8 Å². The number of nitrogens with zero attached hydrogens (tertiary/aromatic N) is 2. The van der Waals surface area contributed by atoms with Gasteiger partial charge >= 0.3 is 6.03 Å². The lowest BCUT2D eigenvalue weighted by molar-refractivity contribution is -0.133. The van der Waals surface area contributed by atoms with Gasteiger partial charge in [0.1, 0.15) is 23.1 Å². The van der Waals surface area contributed by atoms with Crippen LogP contribution in [-0.2, 0) is 17.8 Å². The Hall–Kier alpha value is -3.01. The van der Waals surface area contributed by atoms with Gasteiger partial charge < -0.3 is 26.1 Å². The summed E-state index contributed by atoms with van der Waals surface area (Å²) in [6.07, 6.45) is 1.35. The summed E-state index contributed by atoms with van der Waals surface area (Å²) < 4.78 is 32.5. The number of hydrogen-bond acceptors (Lipinski definition) is 5. The van der Waals surface area contributed by atoms with Gasteiger partial charge in [0.15, 0.2) is 0 Å². The molecule has 8 nitrogen and oxygen atoms in total. The van der Waals surface area contributed by atoms with E-state index in [2.05, 4.69) is 10.3 Å². The molecule has 0 saturated carbocycles. The minimum atomic E-state index is -0.722. The number of nitrogens with two attached hydrogens (primary N) is 2. The van der Waals surface area contributed by atoms with Crippen molar-refractivity contribution in [3.8, 4) is 11.5 Å². The molecule has 1 aliphatic heterocycles. The minimum absolute atomic E-state index is 0.111.